The maximum Gasteiger partial charge on any atom is 0.203 e. The summed E-state index contributed by atoms with van der Waals surface area (Å²) in [7, 11) is 0. The Morgan fingerprint density at radius 2 is 1.94 bits per heavy atom. The molecule has 3 heteroatoms. The fourth-order valence-corrected chi connectivity index (χ4v) is 2.56. The number of hydrogen-bond donors (Lipinski definition) is 0. The lowest BCUT2D eigenvalue weighted by Crippen LogP contribution is -2.20. The number of rotatable bonds is 2. The van der Waals surface area contributed by atoms with Gasteiger partial charge in [-0.1, -0.05) is 30.3 Å². The van der Waals surface area contributed by atoms with Gasteiger partial charge in [-0.05, 0) is 6.42 Å². The lowest BCUT2D eigenvalue weighted by atomic mass is 9.93. The van der Waals surface area contributed by atoms with E-state index in [0.717, 1.165) is 24.2 Å². The zero-order valence-corrected chi connectivity index (χ0v) is 10.0. The number of benzene rings is 1. The van der Waals surface area contributed by atoms with Crippen LogP contribution in [-0.2, 0) is 9.53 Å². The van der Waals surface area contributed by atoms with E-state index in [1.165, 1.54) is 0 Å². The minimum Gasteiger partial charge on any atom is -0.486 e. The molecule has 92 valence electrons. The topological polar surface area (TPSA) is 43.4 Å². The number of hydrogen-bond acceptors (Lipinski definition) is 3. The molecule has 1 aromatic rings. The number of carbonyl (C=O) groups is 2. The Hall–Kier alpha value is -1.90. The largest absolute Gasteiger partial charge is 0.486 e. The molecule has 2 aliphatic rings. The minimum atomic E-state index is -0.501. The highest BCUT2D eigenvalue weighted by Crippen LogP contribution is 2.35. The van der Waals surface area contributed by atoms with E-state index in [2.05, 4.69) is 0 Å². The third kappa shape index (κ3) is 1.86. The average Bonchev–Trinajstić information content (AvgIpc) is 2.84. The second kappa shape index (κ2) is 4.41. The predicted octanol–water partition coefficient (Wildman–Crippen LogP) is 2.67. The van der Waals surface area contributed by atoms with Crippen molar-refractivity contribution in [2.24, 2.45) is 0 Å². The van der Waals surface area contributed by atoms with Crippen LogP contribution < -0.4 is 0 Å². The normalized spacial score (nSPS) is 22.7. The first-order valence-corrected chi connectivity index (χ1v) is 6.27. The maximum atomic E-state index is 12.2. The molecule has 0 spiro atoms. The van der Waals surface area contributed by atoms with Crippen molar-refractivity contribution in [1.29, 1.82) is 0 Å². The summed E-state index contributed by atoms with van der Waals surface area (Å²) in [5, 5.41) is 0. The smallest absolute Gasteiger partial charge is 0.203 e. The fraction of sp³-hybridized carbons (Fsp3) is 0.333. The SMILES string of the molecule is O=C1CCCC2=C1CC(C(=O)c1ccccc1)O2. The van der Waals surface area contributed by atoms with Crippen molar-refractivity contribution in [2.75, 3.05) is 0 Å². The quantitative estimate of drug-likeness (QED) is 0.749. The molecule has 0 amide bonds. The van der Waals surface area contributed by atoms with Gasteiger partial charge >= 0.3 is 0 Å². The van der Waals surface area contributed by atoms with Crippen LogP contribution in [0.2, 0.25) is 0 Å². The lowest BCUT2D eigenvalue weighted by Gasteiger charge is -2.12. The van der Waals surface area contributed by atoms with E-state index >= 15 is 0 Å². The lowest BCUT2D eigenvalue weighted by molar-refractivity contribution is -0.116. The molecular formula is C15H14O3. The second-order valence-corrected chi connectivity index (χ2v) is 4.72. The molecule has 0 saturated heterocycles. The first-order chi connectivity index (χ1) is 8.75. The molecule has 1 aromatic carbocycles. The van der Waals surface area contributed by atoms with Gasteiger partial charge in [0, 0.05) is 30.4 Å². The molecule has 1 aliphatic heterocycles. The van der Waals surface area contributed by atoms with Crippen molar-refractivity contribution in [3.8, 4) is 0 Å². The van der Waals surface area contributed by atoms with E-state index in [1.54, 1.807) is 12.1 Å². The van der Waals surface area contributed by atoms with E-state index in [0.29, 0.717) is 18.4 Å². The van der Waals surface area contributed by atoms with Gasteiger partial charge in [-0.3, -0.25) is 9.59 Å². The summed E-state index contributed by atoms with van der Waals surface area (Å²) in [4.78, 5) is 24.0. The van der Waals surface area contributed by atoms with Crippen LogP contribution >= 0.6 is 0 Å². The summed E-state index contributed by atoms with van der Waals surface area (Å²) in [5.41, 5.74) is 1.39. The van der Waals surface area contributed by atoms with Gasteiger partial charge < -0.3 is 4.74 Å². The molecule has 1 atom stereocenters. The highest BCUT2D eigenvalue weighted by atomic mass is 16.5. The molecular weight excluding hydrogens is 228 g/mol. The van der Waals surface area contributed by atoms with Gasteiger partial charge in [0.05, 0.1) is 0 Å². The van der Waals surface area contributed by atoms with E-state index in [-0.39, 0.29) is 11.6 Å². The number of ketones is 2. The Labute approximate surface area is 105 Å². The van der Waals surface area contributed by atoms with Crippen molar-refractivity contribution in [1.82, 2.24) is 0 Å². The monoisotopic (exact) mass is 242 g/mol. The van der Waals surface area contributed by atoms with Gasteiger partial charge in [-0.2, -0.15) is 0 Å². The van der Waals surface area contributed by atoms with Crippen molar-refractivity contribution in [2.45, 2.75) is 31.8 Å². The predicted molar refractivity (Wildman–Crippen MR) is 66.1 cm³/mol. The Kier molecular flexibility index (Phi) is 2.74. The average molecular weight is 242 g/mol. The van der Waals surface area contributed by atoms with E-state index in [9.17, 15) is 9.59 Å². The number of carbonyl (C=O) groups excluding carboxylic acids is 2. The summed E-state index contributed by atoms with van der Waals surface area (Å²) in [6.45, 7) is 0. The molecule has 1 aliphatic carbocycles. The summed E-state index contributed by atoms with van der Waals surface area (Å²) in [5.74, 6) is 0.873. The minimum absolute atomic E-state index is 0.0298. The highest BCUT2D eigenvalue weighted by molar-refractivity contribution is 6.03. The summed E-state index contributed by atoms with van der Waals surface area (Å²) in [6, 6.07) is 9.11. The second-order valence-electron chi connectivity index (χ2n) is 4.72. The van der Waals surface area contributed by atoms with Gasteiger partial charge in [0.15, 0.2) is 11.9 Å². The molecule has 0 fully saturated rings. The summed E-state index contributed by atoms with van der Waals surface area (Å²) >= 11 is 0. The Morgan fingerprint density at radius 1 is 1.17 bits per heavy atom. The van der Waals surface area contributed by atoms with Gasteiger partial charge in [-0.15, -0.1) is 0 Å². The first-order valence-electron chi connectivity index (χ1n) is 6.27. The van der Waals surface area contributed by atoms with Crippen molar-refractivity contribution >= 4 is 11.6 Å². The van der Waals surface area contributed by atoms with Crippen LogP contribution in [0.5, 0.6) is 0 Å². The van der Waals surface area contributed by atoms with Gasteiger partial charge in [0.2, 0.25) is 5.78 Å². The molecule has 1 heterocycles. The molecule has 0 saturated carbocycles. The van der Waals surface area contributed by atoms with Crippen LogP contribution in [0.25, 0.3) is 0 Å². The van der Waals surface area contributed by atoms with Gasteiger partial charge in [0.1, 0.15) is 5.76 Å². The van der Waals surface area contributed by atoms with E-state index in [4.69, 9.17) is 4.74 Å². The molecule has 3 nitrogen and oxygen atoms in total. The number of allylic oxidation sites excluding steroid dienone is 1. The Morgan fingerprint density at radius 3 is 2.67 bits per heavy atom. The maximum absolute atomic E-state index is 12.2. The standard InChI is InChI=1S/C15H14O3/c16-12-7-4-8-13-11(12)9-14(18-13)15(17)10-5-2-1-3-6-10/h1-3,5-6,14H,4,7-9H2. The Balaban J connectivity index is 1.78. The third-order valence-corrected chi connectivity index (χ3v) is 3.51. The van der Waals surface area contributed by atoms with Crippen molar-refractivity contribution < 1.29 is 14.3 Å². The van der Waals surface area contributed by atoms with Gasteiger partial charge in [0.25, 0.3) is 0 Å². The zero-order chi connectivity index (χ0) is 12.5. The molecule has 1 unspecified atom stereocenters. The van der Waals surface area contributed by atoms with E-state index in [1.807, 2.05) is 18.2 Å². The van der Waals surface area contributed by atoms with E-state index < -0.39 is 6.10 Å². The van der Waals surface area contributed by atoms with Gasteiger partial charge in [-0.25, -0.2) is 0 Å². The zero-order valence-electron chi connectivity index (χ0n) is 10.0. The molecule has 0 aromatic heterocycles. The van der Waals surface area contributed by atoms with Crippen LogP contribution in [0.4, 0.5) is 0 Å². The van der Waals surface area contributed by atoms with Crippen molar-refractivity contribution in [3.63, 3.8) is 0 Å². The molecule has 0 N–H and O–H groups in total. The van der Waals surface area contributed by atoms with Crippen LogP contribution in [-0.4, -0.2) is 17.7 Å². The summed E-state index contributed by atoms with van der Waals surface area (Å²) < 4.78 is 5.66. The number of Topliss-reactive ketones (excluding diaryl/α,β-unsaturated/α-hetero) is 2. The first kappa shape index (κ1) is 11.2. The highest BCUT2D eigenvalue weighted by Gasteiger charge is 2.36. The summed E-state index contributed by atoms with van der Waals surface area (Å²) in [6.07, 6.45) is 2.17. The number of ether oxygens (including phenoxy) is 1. The molecule has 3 rings (SSSR count). The van der Waals surface area contributed by atoms with Crippen LogP contribution in [0, 0.1) is 0 Å². The van der Waals surface area contributed by atoms with Crippen LogP contribution in [0.3, 0.4) is 0 Å². The van der Waals surface area contributed by atoms with Crippen molar-refractivity contribution in [3.05, 3.63) is 47.2 Å². The molecule has 0 radical (unpaired) electrons. The van der Waals surface area contributed by atoms with Crippen LogP contribution in [0.1, 0.15) is 36.0 Å². The molecule has 18 heavy (non-hydrogen) atoms. The Bertz CT molecular complexity index is 528. The van der Waals surface area contributed by atoms with Crippen LogP contribution in [0.15, 0.2) is 41.7 Å². The third-order valence-electron chi connectivity index (χ3n) is 3.51. The fourth-order valence-electron chi connectivity index (χ4n) is 2.56. The molecule has 0 bridgehead atoms.